The number of anilines is 1. The smallest absolute Gasteiger partial charge is 0.274 e. The number of carbonyl (C=O) groups is 2. The molecular weight excluding hydrogens is 346 g/mol. The van der Waals surface area contributed by atoms with Crippen LogP contribution < -0.4 is 15.4 Å². The second-order valence-electron chi connectivity index (χ2n) is 5.55. The molecule has 0 aliphatic rings. The summed E-state index contributed by atoms with van der Waals surface area (Å²) >= 11 is 0. The average molecular weight is 365 g/mol. The van der Waals surface area contributed by atoms with Crippen molar-refractivity contribution in [3.63, 3.8) is 0 Å². The molecule has 3 rings (SSSR count). The number of carbonyl (C=O) groups excluding carboxylic acids is 2. The number of aromatic nitrogens is 1. The SMILES string of the molecule is CCOc1ccccc1NC(=O)c1cccc(C(=O)NCc2ccco2)n1. The summed E-state index contributed by atoms with van der Waals surface area (Å²) in [5, 5.41) is 5.46. The van der Waals surface area contributed by atoms with Crippen LogP contribution in [-0.4, -0.2) is 23.4 Å². The molecule has 0 saturated carbocycles. The lowest BCUT2D eigenvalue weighted by molar-refractivity contribution is 0.0943. The molecule has 7 nitrogen and oxygen atoms in total. The number of ether oxygens (including phenoxy) is 1. The van der Waals surface area contributed by atoms with Crippen LogP contribution in [0.5, 0.6) is 5.75 Å². The Bertz CT molecular complexity index is 922. The highest BCUT2D eigenvalue weighted by Crippen LogP contribution is 2.24. The number of para-hydroxylation sites is 2. The van der Waals surface area contributed by atoms with Gasteiger partial charge in [-0.15, -0.1) is 0 Å². The lowest BCUT2D eigenvalue weighted by Gasteiger charge is -2.11. The van der Waals surface area contributed by atoms with Crippen molar-refractivity contribution in [2.24, 2.45) is 0 Å². The Morgan fingerprint density at radius 1 is 1.00 bits per heavy atom. The lowest BCUT2D eigenvalue weighted by Crippen LogP contribution is -2.25. The number of rotatable bonds is 7. The van der Waals surface area contributed by atoms with Gasteiger partial charge in [0, 0.05) is 0 Å². The number of nitrogens with one attached hydrogen (secondary N) is 2. The third kappa shape index (κ3) is 4.72. The summed E-state index contributed by atoms with van der Waals surface area (Å²) in [5.74, 6) is 0.379. The molecule has 3 aromatic rings. The van der Waals surface area contributed by atoms with Gasteiger partial charge in [0.1, 0.15) is 22.9 Å². The van der Waals surface area contributed by atoms with Gasteiger partial charge in [-0.1, -0.05) is 18.2 Å². The third-order valence-electron chi connectivity index (χ3n) is 3.65. The van der Waals surface area contributed by atoms with Gasteiger partial charge in [-0.05, 0) is 43.3 Å². The van der Waals surface area contributed by atoms with Gasteiger partial charge in [-0.2, -0.15) is 0 Å². The zero-order valence-corrected chi connectivity index (χ0v) is 14.8. The molecule has 0 radical (unpaired) electrons. The van der Waals surface area contributed by atoms with Crippen LogP contribution in [0.1, 0.15) is 33.7 Å². The normalized spacial score (nSPS) is 10.3. The van der Waals surface area contributed by atoms with Crippen LogP contribution in [0.3, 0.4) is 0 Å². The summed E-state index contributed by atoms with van der Waals surface area (Å²) in [6.45, 7) is 2.59. The van der Waals surface area contributed by atoms with E-state index >= 15 is 0 Å². The molecule has 0 unspecified atom stereocenters. The molecule has 2 amide bonds. The summed E-state index contributed by atoms with van der Waals surface area (Å²) in [6.07, 6.45) is 1.53. The first kappa shape index (κ1) is 18.2. The highest BCUT2D eigenvalue weighted by Gasteiger charge is 2.14. The first-order chi connectivity index (χ1) is 13.2. The maximum atomic E-state index is 12.5. The topological polar surface area (TPSA) is 93.5 Å². The summed E-state index contributed by atoms with van der Waals surface area (Å²) in [7, 11) is 0. The molecule has 1 aromatic carbocycles. The molecule has 27 heavy (non-hydrogen) atoms. The van der Waals surface area contributed by atoms with Gasteiger partial charge in [0.2, 0.25) is 0 Å². The van der Waals surface area contributed by atoms with Gasteiger partial charge in [0.05, 0.1) is 25.1 Å². The van der Waals surface area contributed by atoms with Crippen molar-refractivity contribution in [1.29, 1.82) is 0 Å². The summed E-state index contributed by atoms with van der Waals surface area (Å²) in [6, 6.07) is 15.3. The van der Waals surface area contributed by atoms with Crippen LogP contribution >= 0.6 is 0 Å². The maximum Gasteiger partial charge on any atom is 0.274 e. The van der Waals surface area contributed by atoms with Gasteiger partial charge in [0.25, 0.3) is 11.8 Å². The number of benzene rings is 1. The number of nitrogens with zero attached hydrogens (tertiary/aromatic N) is 1. The van der Waals surface area contributed by atoms with Gasteiger partial charge in [0.15, 0.2) is 0 Å². The molecule has 2 heterocycles. The van der Waals surface area contributed by atoms with E-state index in [1.807, 2.05) is 13.0 Å². The Labute approximate surface area is 156 Å². The Morgan fingerprint density at radius 3 is 2.52 bits per heavy atom. The number of hydrogen-bond donors (Lipinski definition) is 2. The first-order valence-corrected chi connectivity index (χ1v) is 8.48. The fourth-order valence-corrected chi connectivity index (χ4v) is 2.40. The van der Waals surface area contributed by atoms with Crippen molar-refractivity contribution in [3.05, 3.63) is 78.0 Å². The number of amides is 2. The quantitative estimate of drug-likeness (QED) is 0.670. The van der Waals surface area contributed by atoms with Crippen LogP contribution in [0.15, 0.2) is 65.3 Å². The predicted molar refractivity (Wildman–Crippen MR) is 99.7 cm³/mol. The zero-order valence-electron chi connectivity index (χ0n) is 14.8. The second-order valence-corrected chi connectivity index (χ2v) is 5.55. The largest absolute Gasteiger partial charge is 0.492 e. The van der Waals surface area contributed by atoms with E-state index in [2.05, 4.69) is 15.6 Å². The van der Waals surface area contributed by atoms with Gasteiger partial charge in [-0.25, -0.2) is 4.98 Å². The standard InChI is InChI=1S/C20H19N3O4/c1-2-26-18-11-4-3-8-15(18)23-20(25)17-10-5-9-16(22-17)19(24)21-13-14-7-6-12-27-14/h3-12H,2,13H2,1H3,(H,21,24)(H,23,25). The van der Waals surface area contributed by atoms with Crippen LogP contribution in [0.2, 0.25) is 0 Å². The van der Waals surface area contributed by atoms with Gasteiger partial charge < -0.3 is 19.8 Å². The molecule has 2 N–H and O–H groups in total. The fraction of sp³-hybridized carbons (Fsp3) is 0.150. The molecule has 0 aliphatic heterocycles. The van der Waals surface area contributed by atoms with E-state index in [1.54, 1.807) is 48.5 Å². The van der Waals surface area contributed by atoms with E-state index in [1.165, 1.54) is 6.26 Å². The van der Waals surface area contributed by atoms with Crippen molar-refractivity contribution in [1.82, 2.24) is 10.3 Å². The molecule has 0 bridgehead atoms. The summed E-state index contributed by atoms with van der Waals surface area (Å²) in [4.78, 5) is 28.9. The van der Waals surface area contributed by atoms with Crippen molar-refractivity contribution in [2.45, 2.75) is 13.5 Å². The Hall–Kier alpha value is -3.61. The highest BCUT2D eigenvalue weighted by atomic mass is 16.5. The molecule has 0 aliphatic carbocycles. The second kappa shape index (κ2) is 8.66. The number of furan rings is 1. The van der Waals surface area contributed by atoms with Crippen LogP contribution in [-0.2, 0) is 6.54 Å². The minimum atomic E-state index is -0.428. The Morgan fingerprint density at radius 2 is 1.78 bits per heavy atom. The minimum Gasteiger partial charge on any atom is -0.492 e. The minimum absolute atomic E-state index is 0.131. The maximum absolute atomic E-state index is 12.5. The number of hydrogen-bond acceptors (Lipinski definition) is 5. The first-order valence-electron chi connectivity index (χ1n) is 8.48. The predicted octanol–water partition coefficient (Wildman–Crippen LogP) is 3.26. The van der Waals surface area contributed by atoms with Crippen molar-refractivity contribution in [2.75, 3.05) is 11.9 Å². The van der Waals surface area contributed by atoms with E-state index < -0.39 is 11.8 Å². The highest BCUT2D eigenvalue weighted by molar-refractivity contribution is 6.04. The van der Waals surface area contributed by atoms with E-state index in [0.717, 1.165) is 0 Å². The van der Waals surface area contributed by atoms with Gasteiger partial charge in [-0.3, -0.25) is 9.59 Å². The van der Waals surface area contributed by atoms with Crippen molar-refractivity contribution >= 4 is 17.5 Å². The van der Waals surface area contributed by atoms with Crippen LogP contribution in [0.25, 0.3) is 0 Å². The fourth-order valence-electron chi connectivity index (χ4n) is 2.40. The molecular formula is C20H19N3O4. The molecule has 0 spiro atoms. The van der Waals surface area contributed by atoms with E-state index in [4.69, 9.17) is 9.15 Å². The van der Waals surface area contributed by atoms with Crippen LogP contribution in [0.4, 0.5) is 5.69 Å². The number of pyridine rings is 1. The third-order valence-corrected chi connectivity index (χ3v) is 3.65. The molecule has 0 fully saturated rings. The van der Waals surface area contributed by atoms with E-state index in [0.29, 0.717) is 23.8 Å². The molecule has 7 heteroatoms. The summed E-state index contributed by atoms with van der Waals surface area (Å²) < 4.78 is 10.7. The molecule has 2 aromatic heterocycles. The van der Waals surface area contributed by atoms with E-state index in [-0.39, 0.29) is 17.9 Å². The molecule has 0 saturated heterocycles. The molecule has 0 atom stereocenters. The lowest BCUT2D eigenvalue weighted by atomic mass is 10.2. The average Bonchev–Trinajstić information content (AvgIpc) is 3.21. The van der Waals surface area contributed by atoms with Crippen molar-refractivity contribution < 1.29 is 18.7 Å². The van der Waals surface area contributed by atoms with Gasteiger partial charge >= 0.3 is 0 Å². The van der Waals surface area contributed by atoms with Crippen LogP contribution in [0, 0.1) is 0 Å². The zero-order chi connectivity index (χ0) is 19.1. The Balaban J connectivity index is 1.69. The van der Waals surface area contributed by atoms with E-state index in [9.17, 15) is 9.59 Å². The monoisotopic (exact) mass is 365 g/mol. The Kier molecular flexibility index (Phi) is 5.84. The summed E-state index contributed by atoms with van der Waals surface area (Å²) in [5.41, 5.74) is 0.818. The van der Waals surface area contributed by atoms with Crippen molar-refractivity contribution in [3.8, 4) is 5.75 Å². The molecule has 138 valence electrons.